The lowest BCUT2D eigenvalue weighted by Crippen LogP contribution is -2.52. The number of fused-ring (bicyclic) bond motifs is 5. The van der Waals surface area contributed by atoms with Crippen molar-refractivity contribution in [2.75, 3.05) is 11.4 Å². The molecule has 11 heteroatoms. The predicted octanol–water partition coefficient (Wildman–Crippen LogP) is 6.90. The number of nitrogens with one attached hydrogen (secondary N) is 1. The molecule has 30 heavy (non-hydrogen) atoms. The first-order valence-corrected chi connectivity index (χ1v) is 10.8. The molecule has 0 saturated carbocycles. The molecule has 1 N–H and O–H groups in total. The fraction of sp³-hybridized carbons (Fsp3) is 0.316. The smallest absolute Gasteiger partial charge is 0.455 e. The number of amides is 1. The topological polar surface area (TPSA) is 41.6 Å². The lowest BCUT2D eigenvalue weighted by Gasteiger charge is -2.42. The number of rotatable bonds is 1. The van der Waals surface area contributed by atoms with Crippen LogP contribution in [-0.4, -0.2) is 24.7 Å². The van der Waals surface area contributed by atoms with E-state index in [4.69, 9.17) is 39.5 Å². The summed E-state index contributed by atoms with van der Waals surface area (Å²) in [6.07, 6.45) is -4.10. The predicted molar refractivity (Wildman–Crippen MR) is 113 cm³/mol. The van der Waals surface area contributed by atoms with E-state index in [2.05, 4.69) is 21.2 Å². The molecule has 0 bridgehead atoms. The molecule has 2 unspecified atom stereocenters. The number of carbonyl (C=O) groups excluding carboxylic acids is 1. The van der Waals surface area contributed by atoms with E-state index >= 15 is 0 Å². The van der Waals surface area contributed by atoms with Crippen LogP contribution in [0.25, 0.3) is 0 Å². The fourth-order valence-electron chi connectivity index (χ4n) is 3.90. The van der Waals surface area contributed by atoms with Gasteiger partial charge in [0, 0.05) is 22.6 Å². The number of anilines is 1. The van der Waals surface area contributed by atoms with Gasteiger partial charge in [-0.25, -0.2) is 0 Å². The fourth-order valence-corrected chi connectivity index (χ4v) is 4.93. The highest BCUT2D eigenvalue weighted by Gasteiger charge is 2.45. The van der Waals surface area contributed by atoms with Crippen LogP contribution in [-0.2, 0) is 4.79 Å². The van der Waals surface area contributed by atoms with Gasteiger partial charge >= 0.3 is 12.1 Å². The van der Waals surface area contributed by atoms with Crippen LogP contribution < -0.4 is 15.0 Å². The van der Waals surface area contributed by atoms with Crippen molar-refractivity contribution in [1.29, 1.82) is 0 Å². The van der Waals surface area contributed by atoms with Crippen molar-refractivity contribution in [3.63, 3.8) is 0 Å². The van der Waals surface area contributed by atoms with Crippen LogP contribution in [0.4, 0.5) is 18.9 Å². The second-order valence-corrected chi connectivity index (χ2v) is 9.05. The molecular formula is C19H13BrCl3F3N2O2. The summed E-state index contributed by atoms with van der Waals surface area (Å²) in [4.78, 5) is 13.5. The molecule has 0 aliphatic carbocycles. The van der Waals surface area contributed by atoms with E-state index < -0.39 is 24.2 Å². The maximum absolute atomic E-state index is 12.9. The number of carbonyl (C=O) groups is 1. The molecule has 2 aliphatic heterocycles. The molecule has 2 heterocycles. The zero-order valence-corrected chi connectivity index (χ0v) is 18.8. The standard InChI is InChI=1S/C19H13BrCl3F3N2O2/c20-8-3-4-9-12(6-8)30-13-7-10(21)14(22)15(23)17(13)28-5-1-2-11(16(9)28)27-18(29)19(24,25)26/h3-4,6-7,11,16H,1-2,5H2,(H,27,29). The normalized spacial score (nSPS) is 20.4. The van der Waals surface area contributed by atoms with Gasteiger partial charge in [0.2, 0.25) is 0 Å². The van der Waals surface area contributed by atoms with Gasteiger partial charge in [0.25, 0.3) is 0 Å². The van der Waals surface area contributed by atoms with Gasteiger partial charge in [0.15, 0.2) is 5.75 Å². The largest absolute Gasteiger partial charge is 0.471 e. The Morgan fingerprint density at radius 3 is 2.60 bits per heavy atom. The van der Waals surface area contributed by atoms with E-state index in [-0.39, 0.29) is 15.1 Å². The molecule has 0 spiro atoms. The van der Waals surface area contributed by atoms with Crippen LogP contribution in [0.2, 0.25) is 15.1 Å². The molecule has 0 radical (unpaired) electrons. The van der Waals surface area contributed by atoms with E-state index in [0.717, 1.165) is 0 Å². The summed E-state index contributed by atoms with van der Waals surface area (Å²) < 4.78 is 45.6. The van der Waals surface area contributed by atoms with Gasteiger partial charge in [-0.3, -0.25) is 4.79 Å². The molecular weight excluding hydrogens is 531 g/mol. The van der Waals surface area contributed by atoms with E-state index in [0.29, 0.717) is 46.6 Å². The van der Waals surface area contributed by atoms with E-state index in [1.54, 1.807) is 18.2 Å². The zero-order valence-electron chi connectivity index (χ0n) is 15.0. The molecule has 1 fully saturated rings. The van der Waals surface area contributed by atoms with Crippen LogP contribution in [0.3, 0.4) is 0 Å². The third kappa shape index (κ3) is 3.83. The monoisotopic (exact) mass is 542 g/mol. The Morgan fingerprint density at radius 1 is 1.17 bits per heavy atom. The maximum Gasteiger partial charge on any atom is 0.471 e. The quantitative estimate of drug-likeness (QED) is 0.397. The lowest BCUT2D eigenvalue weighted by atomic mass is 9.89. The molecule has 0 aromatic heterocycles. The highest BCUT2D eigenvalue weighted by Crippen LogP contribution is 2.53. The average Bonchev–Trinajstić information content (AvgIpc) is 2.79. The van der Waals surface area contributed by atoms with Crippen molar-refractivity contribution in [3.8, 4) is 11.5 Å². The van der Waals surface area contributed by atoms with Crippen molar-refractivity contribution < 1.29 is 22.7 Å². The summed E-state index contributed by atoms with van der Waals surface area (Å²) >= 11 is 22.3. The average molecular weight is 545 g/mol. The maximum atomic E-state index is 12.9. The third-order valence-corrected chi connectivity index (χ3v) is 6.85. The summed E-state index contributed by atoms with van der Waals surface area (Å²) in [6.45, 7) is 0.479. The van der Waals surface area contributed by atoms with Gasteiger partial charge in [-0.2, -0.15) is 13.2 Å². The van der Waals surface area contributed by atoms with Gasteiger partial charge in [-0.1, -0.05) is 56.8 Å². The number of hydrogen-bond acceptors (Lipinski definition) is 3. The molecule has 1 saturated heterocycles. The first-order chi connectivity index (χ1) is 14.1. The van der Waals surface area contributed by atoms with Crippen molar-refractivity contribution in [2.24, 2.45) is 0 Å². The van der Waals surface area contributed by atoms with E-state index in [9.17, 15) is 18.0 Å². The zero-order chi connectivity index (χ0) is 21.8. The minimum absolute atomic E-state index is 0.119. The summed E-state index contributed by atoms with van der Waals surface area (Å²) in [7, 11) is 0. The summed E-state index contributed by atoms with van der Waals surface area (Å²) in [6, 6.07) is 5.26. The van der Waals surface area contributed by atoms with Crippen LogP contribution in [0.15, 0.2) is 28.7 Å². The van der Waals surface area contributed by atoms with Gasteiger partial charge in [-0.15, -0.1) is 0 Å². The molecule has 2 atom stereocenters. The highest BCUT2D eigenvalue weighted by molar-refractivity contribution is 9.10. The van der Waals surface area contributed by atoms with Crippen LogP contribution in [0.1, 0.15) is 24.4 Å². The Labute approximate surface area is 193 Å². The van der Waals surface area contributed by atoms with Crippen molar-refractivity contribution in [1.82, 2.24) is 5.32 Å². The molecule has 4 nitrogen and oxygen atoms in total. The number of piperidine rings is 1. The first-order valence-electron chi connectivity index (χ1n) is 8.87. The van der Waals surface area contributed by atoms with Crippen LogP contribution in [0, 0.1) is 0 Å². The van der Waals surface area contributed by atoms with E-state index in [1.165, 1.54) is 6.07 Å². The Hall–Kier alpha value is -1.35. The number of halogens is 7. The molecule has 2 aromatic rings. The van der Waals surface area contributed by atoms with Gasteiger partial charge in [0.1, 0.15) is 11.4 Å². The molecule has 1 amide bonds. The minimum Gasteiger partial charge on any atom is -0.455 e. The number of benzene rings is 2. The number of nitrogens with zero attached hydrogens (tertiary/aromatic N) is 1. The van der Waals surface area contributed by atoms with E-state index in [1.807, 2.05) is 4.90 Å². The Bertz CT molecular complexity index is 1040. The second-order valence-electron chi connectivity index (χ2n) is 6.98. The molecule has 4 rings (SSSR count). The van der Waals surface area contributed by atoms with Gasteiger partial charge in [0.05, 0.1) is 27.2 Å². The number of ether oxygens (including phenoxy) is 1. The van der Waals surface area contributed by atoms with Crippen molar-refractivity contribution >= 4 is 62.3 Å². The molecule has 2 aromatic carbocycles. The van der Waals surface area contributed by atoms with Crippen LogP contribution >= 0.6 is 50.7 Å². The lowest BCUT2D eigenvalue weighted by molar-refractivity contribution is -0.174. The SMILES string of the molecule is O=C(NC1CCCN2c3c(cc(Cl)c(Cl)c3Cl)Oc3cc(Br)ccc3C12)C(F)(F)F. The van der Waals surface area contributed by atoms with Gasteiger partial charge < -0.3 is 15.0 Å². The number of hydrogen-bond donors (Lipinski definition) is 1. The third-order valence-electron chi connectivity index (χ3n) is 5.11. The number of alkyl halides is 3. The molecule has 160 valence electrons. The van der Waals surface area contributed by atoms with Gasteiger partial charge in [-0.05, 0) is 25.0 Å². The van der Waals surface area contributed by atoms with Crippen LogP contribution in [0.5, 0.6) is 11.5 Å². The first kappa shape index (κ1) is 21.9. The Balaban J connectivity index is 1.89. The molecule has 2 aliphatic rings. The van der Waals surface area contributed by atoms with Crippen molar-refractivity contribution in [2.45, 2.75) is 31.1 Å². The summed E-state index contributed by atoms with van der Waals surface area (Å²) in [5, 5.41) is 2.59. The summed E-state index contributed by atoms with van der Waals surface area (Å²) in [5.41, 5.74) is 1.04. The van der Waals surface area contributed by atoms with Crippen molar-refractivity contribution in [3.05, 3.63) is 49.4 Å². The Morgan fingerprint density at radius 2 is 1.90 bits per heavy atom. The second kappa shape index (κ2) is 7.97. The minimum atomic E-state index is -4.99. The highest BCUT2D eigenvalue weighted by atomic mass is 79.9. The Kier molecular flexibility index (Phi) is 5.81. The summed E-state index contributed by atoms with van der Waals surface area (Å²) in [5.74, 6) is -1.24.